The first-order valence-corrected chi connectivity index (χ1v) is 4.56. The van der Waals surface area contributed by atoms with E-state index in [9.17, 15) is 9.59 Å². The number of nitrogens with two attached hydrogens (primary N) is 1. The number of hydrogen-bond donors (Lipinski definition) is 4. The third-order valence-corrected chi connectivity index (χ3v) is 1.75. The molecule has 0 unspecified atom stereocenters. The summed E-state index contributed by atoms with van der Waals surface area (Å²) in [6, 6.07) is 2.36. The molecule has 7 nitrogen and oxygen atoms in total. The molecule has 0 saturated heterocycles. The molecule has 7 heteroatoms. The first-order valence-electron chi connectivity index (χ1n) is 4.56. The molecule has 0 saturated carbocycles. The highest BCUT2D eigenvalue weighted by Gasteiger charge is 2.09. The van der Waals surface area contributed by atoms with Gasteiger partial charge in [-0.1, -0.05) is 0 Å². The maximum Gasteiger partial charge on any atom is 0.339 e. The van der Waals surface area contributed by atoms with Crippen LogP contribution in [0.2, 0.25) is 0 Å². The van der Waals surface area contributed by atoms with Gasteiger partial charge in [-0.15, -0.1) is 0 Å². The first-order chi connectivity index (χ1) is 7.61. The van der Waals surface area contributed by atoms with Crippen LogP contribution in [0.15, 0.2) is 18.3 Å². The number of aromatic carboxylic acids is 1. The first kappa shape index (κ1) is 11.8. The SMILES string of the molecule is NC(=O)NCCNc1ncccc1C(=O)O. The van der Waals surface area contributed by atoms with Crippen LogP contribution in [0.4, 0.5) is 10.6 Å². The Bertz CT molecular complexity index is 394. The number of pyridine rings is 1. The Labute approximate surface area is 91.7 Å². The van der Waals surface area contributed by atoms with Crippen molar-refractivity contribution in [1.29, 1.82) is 0 Å². The van der Waals surface area contributed by atoms with E-state index in [0.29, 0.717) is 13.1 Å². The molecule has 1 aromatic rings. The van der Waals surface area contributed by atoms with E-state index in [4.69, 9.17) is 10.8 Å². The quantitative estimate of drug-likeness (QED) is 0.519. The van der Waals surface area contributed by atoms with Crippen LogP contribution in [0.5, 0.6) is 0 Å². The van der Waals surface area contributed by atoms with Gasteiger partial charge < -0.3 is 21.5 Å². The molecule has 0 spiro atoms. The van der Waals surface area contributed by atoms with Crippen LogP contribution in [0.1, 0.15) is 10.4 Å². The second-order valence-corrected chi connectivity index (χ2v) is 2.92. The fraction of sp³-hybridized carbons (Fsp3) is 0.222. The molecule has 0 radical (unpaired) electrons. The van der Waals surface area contributed by atoms with E-state index in [1.165, 1.54) is 18.3 Å². The number of amides is 2. The Morgan fingerprint density at radius 1 is 1.44 bits per heavy atom. The molecule has 0 fully saturated rings. The molecule has 0 atom stereocenters. The van der Waals surface area contributed by atoms with Crippen LogP contribution in [-0.2, 0) is 0 Å². The summed E-state index contributed by atoms with van der Waals surface area (Å²) in [5.74, 6) is -0.792. The zero-order valence-corrected chi connectivity index (χ0v) is 8.43. The molecule has 0 aliphatic carbocycles. The minimum absolute atomic E-state index is 0.0848. The normalized spacial score (nSPS) is 9.50. The van der Waals surface area contributed by atoms with Gasteiger partial charge in [-0.25, -0.2) is 14.6 Å². The molecule has 0 aliphatic rings. The van der Waals surface area contributed by atoms with Crippen LogP contribution in [0.3, 0.4) is 0 Å². The van der Waals surface area contributed by atoms with Gasteiger partial charge in [0.2, 0.25) is 0 Å². The van der Waals surface area contributed by atoms with Crippen molar-refractivity contribution in [2.24, 2.45) is 5.73 Å². The van der Waals surface area contributed by atoms with Crippen LogP contribution in [0, 0.1) is 0 Å². The van der Waals surface area contributed by atoms with Crippen molar-refractivity contribution in [2.45, 2.75) is 0 Å². The summed E-state index contributed by atoms with van der Waals surface area (Å²) in [7, 11) is 0. The second-order valence-electron chi connectivity index (χ2n) is 2.92. The number of rotatable bonds is 5. The highest BCUT2D eigenvalue weighted by Crippen LogP contribution is 2.10. The van der Waals surface area contributed by atoms with Crippen molar-refractivity contribution >= 4 is 17.8 Å². The number of carboxylic acids is 1. The summed E-state index contributed by atoms with van der Waals surface area (Å²) >= 11 is 0. The molecule has 1 aromatic heterocycles. The third-order valence-electron chi connectivity index (χ3n) is 1.75. The zero-order valence-electron chi connectivity index (χ0n) is 8.43. The van der Waals surface area contributed by atoms with Gasteiger partial charge in [-0.2, -0.15) is 0 Å². The fourth-order valence-corrected chi connectivity index (χ4v) is 1.09. The number of hydrogen-bond acceptors (Lipinski definition) is 4. The predicted molar refractivity (Wildman–Crippen MR) is 57.3 cm³/mol. The van der Waals surface area contributed by atoms with Crippen LogP contribution < -0.4 is 16.4 Å². The Kier molecular flexibility index (Phi) is 4.07. The van der Waals surface area contributed by atoms with E-state index >= 15 is 0 Å². The standard InChI is InChI=1S/C9H12N4O3/c10-9(16)13-5-4-12-7-6(8(14)15)2-1-3-11-7/h1-3H,4-5H2,(H,11,12)(H,14,15)(H3,10,13,16). The molecular weight excluding hydrogens is 212 g/mol. The van der Waals surface area contributed by atoms with E-state index in [0.717, 1.165) is 0 Å². The van der Waals surface area contributed by atoms with Gasteiger partial charge in [0.25, 0.3) is 0 Å². The van der Waals surface area contributed by atoms with Gasteiger partial charge >= 0.3 is 12.0 Å². The van der Waals surface area contributed by atoms with Gasteiger partial charge in [0.1, 0.15) is 11.4 Å². The van der Waals surface area contributed by atoms with Crippen molar-refractivity contribution in [1.82, 2.24) is 10.3 Å². The zero-order chi connectivity index (χ0) is 12.0. The largest absolute Gasteiger partial charge is 0.478 e. The minimum Gasteiger partial charge on any atom is -0.478 e. The lowest BCUT2D eigenvalue weighted by Crippen LogP contribution is -2.33. The van der Waals surface area contributed by atoms with E-state index in [1.807, 2.05) is 0 Å². The van der Waals surface area contributed by atoms with Gasteiger partial charge in [-0.05, 0) is 12.1 Å². The topological polar surface area (TPSA) is 117 Å². The highest BCUT2D eigenvalue weighted by atomic mass is 16.4. The fourth-order valence-electron chi connectivity index (χ4n) is 1.09. The number of aromatic nitrogens is 1. The van der Waals surface area contributed by atoms with Crippen molar-refractivity contribution in [3.8, 4) is 0 Å². The summed E-state index contributed by atoms with van der Waals surface area (Å²) in [6.45, 7) is 0.644. The lowest BCUT2D eigenvalue weighted by atomic mass is 10.2. The molecular formula is C9H12N4O3. The summed E-state index contributed by atoms with van der Waals surface area (Å²) in [5, 5.41) is 14.0. The molecule has 0 aromatic carbocycles. The number of carbonyl (C=O) groups is 2. The van der Waals surface area contributed by atoms with Crippen molar-refractivity contribution in [3.63, 3.8) is 0 Å². The molecule has 1 rings (SSSR count). The lowest BCUT2D eigenvalue weighted by molar-refractivity contribution is 0.0697. The average Bonchev–Trinajstić information content (AvgIpc) is 2.24. The monoisotopic (exact) mass is 224 g/mol. The number of carbonyl (C=O) groups excluding carboxylic acids is 1. The Balaban J connectivity index is 2.53. The van der Waals surface area contributed by atoms with Gasteiger partial charge in [-0.3, -0.25) is 0 Å². The molecule has 0 aliphatic heterocycles. The molecule has 2 amide bonds. The van der Waals surface area contributed by atoms with Gasteiger partial charge in [0.15, 0.2) is 0 Å². The highest BCUT2D eigenvalue weighted by molar-refractivity contribution is 5.92. The smallest absolute Gasteiger partial charge is 0.339 e. The maximum absolute atomic E-state index is 10.8. The van der Waals surface area contributed by atoms with Gasteiger partial charge in [0.05, 0.1) is 0 Å². The second kappa shape index (κ2) is 5.54. The van der Waals surface area contributed by atoms with Crippen molar-refractivity contribution in [2.75, 3.05) is 18.4 Å². The summed E-state index contributed by atoms with van der Waals surface area (Å²) in [6.07, 6.45) is 1.48. The van der Waals surface area contributed by atoms with E-state index < -0.39 is 12.0 Å². The number of primary amides is 1. The number of anilines is 1. The Morgan fingerprint density at radius 2 is 2.19 bits per heavy atom. The van der Waals surface area contributed by atoms with Crippen molar-refractivity contribution in [3.05, 3.63) is 23.9 Å². The maximum atomic E-state index is 10.8. The number of carboxylic acid groups (broad SMARTS) is 1. The third kappa shape index (κ3) is 3.45. The van der Waals surface area contributed by atoms with Crippen LogP contribution >= 0.6 is 0 Å². The van der Waals surface area contributed by atoms with Crippen LogP contribution in [0.25, 0.3) is 0 Å². The molecule has 16 heavy (non-hydrogen) atoms. The number of nitrogens with zero attached hydrogens (tertiary/aromatic N) is 1. The minimum atomic E-state index is -1.06. The Morgan fingerprint density at radius 3 is 2.81 bits per heavy atom. The van der Waals surface area contributed by atoms with E-state index in [1.54, 1.807) is 0 Å². The van der Waals surface area contributed by atoms with Gasteiger partial charge in [0, 0.05) is 19.3 Å². The van der Waals surface area contributed by atoms with Crippen molar-refractivity contribution < 1.29 is 14.7 Å². The summed E-state index contributed by atoms with van der Waals surface area (Å²) in [5.41, 5.74) is 4.95. The summed E-state index contributed by atoms with van der Waals surface area (Å²) in [4.78, 5) is 25.0. The number of nitrogens with one attached hydrogen (secondary N) is 2. The molecule has 86 valence electrons. The molecule has 1 heterocycles. The van der Waals surface area contributed by atoms with Crippen LogP contribution in [-0.4, -0.2) is 35.2 Å². The molecule has 5 N–H and O–H groups in total. The Hall–Kier alpha value is -2.31. The lowest BCUT2D eigenvalue weighted by Gasteiger charge is -2.07. The summed E-state index contributed by atoms with van der Waals surface area (Å²) < 4.78 is 0. The average molecular weight is 224 g/mol. The predicted octanol–water partition coefficient (Wildman–Crippen LogP) is -0.140. The molecule has 0 bridgehead atoms. The van der Waals surface area contributed by atoms with E-state index in [-0.39, 0.29) is 11.4 Å². The van der Waals surface area contributed by atoms with E-state index in [2.05, 4.69) is 15.6 Å². The number of urea groups is 1.